The van der Waals surface area contributed by atoms with E-state index in [1.165, 1.54) is 0 Å². The Morgan fingerprint density at radius 3 is 2.63 bits per heavy atom. The standard InChI is InChI=1S/C11H22N6O2/c1-2-8-19-11-15-9(14-10(16-11)17-12)13-6-4-3-5-7-18/h18H,2-8,12H2,1H3,(H2,13,14,15,16,17). The highest BCUT2D eigenvalue weighted by molar-refractivity contribution is 5.34. The molecule has 108 valence electrons. The van der Waals surface area contributed by atoms with Gasteiger partial charge in [-0.2, -0.15) is 15.0 Å². The normalized spacial score (nSPS) is 10.3. The van der Waals surface area contributed by atoms with Crippen LogP contribution in [0.2, 0.25) is 0 Å². The fraction of sp³-hybridized carbons (Fsp3) is 0.727. The van der Waals surface area contributed by atoms with E-state index in [1.54, 1.807) is 0 Å². The molecule has 1 rings (SSSR count). The van der Waals surface area contributed by atoms with Crippen LogP contribution in [0.4, 0.5) is 11.9 Å². The second kappa shape index (κ2) is 9.29. The number of anilines is 2. The summed E-state index contributed by atoms with van der Waals surface area (Å²) in [5.74, 6) is 5.99. The predicted octanol–water partition coefficient (Wildman–Crippen LogP) is 0.520. The maximum absolute atomic E-state index is 8.68. The Bertz CT molecular complexity index is 363. The van der Waals surface area contributed by atoms with Gasteiger partial charge in [-0.15, -0.1) is 0 Å². The van der Waals surface area contributed by atoms with Crippen molar-refractivity contribution in [3.8, 4) is 6.01 Å². The summed E-state index contributed by atoms with van der Waals surface area (Å²) in [6.07, 6.45) is 3.57. The average Bonchev–Trinajstić information content (AvgIpc) is 2.44. The summed E-state index contributed by atoms with van der Waals surface area (Å²) in [7, 11) is 0. The van der Waals surface area contributed by atoms with Gasteiger partial charge in [-0.3, -0.25) is 5.43 Å². The van der Waals surface area contributed by atoms with E-state index in [2.05, 4.69) is 25.7 Å². The molecule has 0 radical (unpaired) electrons. The lowest BCUT2D eigenvalue weighted by atomic mass is 10.2. The molecule has 0 aliphatic heterocycles. The van der Waals surface area contributed by atoms with Crippen molar-refractivity contribution >= 4 is 11.9 Å². The number of ether oxygens (including phenoxy) is 1. The van der Waals surface area contributed by atoms with Crippen molar-refractivity contribution in [3.05, 3.63) is 0 Å². The highest BCUT2D eigenvalue weighted by atomic mass is 16.5. The fourth-order valence-electron chi connectivity index (χ4n) is 1.37. The molecule has 8 heteroatoms. The summed E-state index contributed by atoms with van der Waals surface area (Å²) in [6.45, 7) is 3.50. The average molecular weight is 270 g/mol. The molecule has 1 aromatic heterocycles. The molecule has 0 fully saturated rings. The van der Waals surface area contributed by atoms with Crippen molar-refractivity contribution < 1.29 is 9.84 Å². The van der Waals surface area contributed by atoms with E-state index in [0.29, 0.717) is 12.6 Å². The first-order valence-electron chi connectivity index (χ1n) is 6.50. The van der Waals surface area contributed by atoms with E-state index in [0.717, 1.165) is 32.2 Å². The number of aliphatic hydroxyl groups is 1. The molecule has 0 saturated heterocycles. The second-order valence-corrected chi connectivity index (χ2v) is 3.97. The van der Waals surface area contributed by atoms with Crippen LogP contribution in [0.25, 0.3) is 0 Å². The van der Waals surface area contributed by atoms with E-state index in [4.69, 9.17) is 15.7 Å². The number of aliphatic hydroxyl groups excluding tert-OH is 1. The third-order valence-electron chi connectivity index (χ3n) is 2.30. The molecule has 0 amide bonds. The number of aromatic nitrogens is 3. The number of nitrogen functional groups attached to an aromatic ring is 1. The number of unbranched alkanes of at least 4 members (excludes halogenated alkanes) is 2. The summed E-state index contributed by atoms with van der Waals surface area (Å²) < 4.78 is 5.35. The van der Waals surface area contributed by atoms with Crippen LogP contribution in [0.15, 0.2) is 0 Å². The van der Waals surface area contributed by atoms with E-state index >= 15 is 0 Å². The lowest BCUT2D eigenvalue weighted by molar-refractivity contribution is 0.283. The first-order chi connectivity index (χ1) is 9.30. The quantitative estimate of drug-likeness (QED) is 0.276. The first kappa shape index (κ1) is 15.4. The summed E-state index contributed by atoms with van der Waals surface area (Å²) in [5.41, 5.74) is 2.38. The van der Waals surface area contributed by atoms with Crippen LogP contribution in [0.3, 0.4) is 0 Å². The Labute approximate surface area is 112 Å². The van der Waals surface area contributed by atoms with Gasteiger partial charge in [0.15, 0.2) is 0 Å². The molecule has 19 heavy (non-hydrogen) atoms. The summed E-state index contributed by atoms with van der Waals surface area (Å²) >= 11 is 0. The summed E-state index contributed by atoms with van der Waals surface area (Å²) in [6, 6.07) is 0.252. The molecule has 8 nitrogen and oxygen atoms in total. The number of nitrogens with two attached hydrogens (primary N) is 1. The molecule has 0 aliphatic rings. The van der Waals surface area contributed by atoms with Crippen LogP contribution < -0.4 is 21.3 Å². The van der Waals surface area contributed by atoms with Gasteiger partial charge in [-0.05, 0) is 25.7 Å². The zero-order valence-electron chi connectivity index (χ0n) is 11.2. The molecule has 1 aromatic rings. The molecule has 0 aromatic carbocycles. The lowest BCUT2D eigenvalue weighted by Crippen LogP contribution is -2.15. The number of nitrogens with zero attached hydrogens (tertiary/aromatic N) is 3. The van der Waals surface area contributed by atoms with Gasteiger partial charge in [0.05, 0.1) is 6.61 Å². The highest BCUT2D eigenvalue weighted by Crippen LogP contribution is 2.10. The van der Waals surface area contributed by atoms with Crippen LogP contribution in [0, 0.1) is 0 Å². The van der Waals surface area contributed by atoms with E-state index < -0.39 is 0 Å². The Morgan fingerprint density at radius 2 is 1.95 bits per heavy atom. The Balaban J connectivity index is 2.50. The Kier molecular flexibility index (Phi) is 7.52. The minimum Gasteiger partial charge on any atom is -0.463 e. The molecule has 0 saturated carbocycles. The van der Waals surface area contributed by atoms with E-state index in [1.807, 2.05) is 6.92 Å². The van der Waals surface area contributed by atoms with Crippen LogP contribution in [0.1, 0.15) is 32.6 Å². The van der Waals surface area contributed by atoms with Crippen LogP contribution in [-0.2, 0) is 0 Å². The van der Waals surface area contributed by atoms with Crippen molar-refractivity contribution in [1.29, 1.82) is 0 Å². The summed E-state index contributed by atoms with van der Waals surface area (Å²) in [5, 5.41) is 11.8. The number of hydrazine groups is 1. The predicted molar refractivity (Wildman–Crippen MR) is 72.8 cm³/mol. The minimum atomic E-state index is 0.224. The topological polar surface area (TPSA) is 118 Å². The Hall–Kier alpha value is -1.67. The Morgan fingerprint density at radius 1 is 1.16 bits per heavy atom. The molecule has 1 heterocycles. The molecular formula is C11H22N6O2. The van der Waals surface area contributed by atoms with Gasteiger partial charge in [0.2, 0.25) is 11.9 Å². The van der Waals surface area contributed by atoms with Crippen molar-refractivity contribution in [2.45, 2.75) is 32.6 Å². The van der Waals surface area contributed by atoms with Gasteiger partial charge in [0.25, 0.3) is 0 Å². The van der Waals surface area contributed by atoms with Gasteiger partial charge in [-0.25, -0.2) is 5.84 Å². The van der Waals surface area contributed by atoms with E-state index in [9.17, 15) is 0 Å². The number of hydrogen-bond donors (Lipinski definition) is 4. The van der Waals surface area contributed by atoms with Gasteiger partial charge in [0.1, 0.15) is 0 Å². The monoisotopic (exact) mass is 270 g/mol. The van der Waals surface area contributed by atoms with Crippen molar-refractivity contribution in [3.63, 3.8) is 0 Å². The van der Waals surface area contributed by atoms with Crippen LogP contribution in [0.5, 0.6) is 6.01 Å². The lowest BCUT2D eigenvalue weighted by Gasteiger charge is -2.08. The maximum Gasteiger partial charge on any atom is 0.323 e. The third-order valence-corrected chi connectivity index (χ3v) is 2.30. The van der Waals surface area contributed by atoms with Crippen LogP contribution >= 0.6 is 0 Å². The second-order valence-electron chi connectivity index (χ2n) is 3.97. The highest BCUT2D eigenvalue weighted by Gasteiger charge is 2.06. The van der Waals surface area contributed by atoms with Crippen molar-refractivity contribution in [2.75, 3.05) is 30.5 Å². The van der Waals surface area contributed by atoms with Gasteiger partial charge < -0.3 is 15.2 Å². The zero-order valence-corrected chi connectivity index (χ0v) is 11.2. The van der Waals surface area contributed by atoms with Crippen LogP contribution in [-0.4, -0.2) is 39.8 Å². The minimum absolute atomic E-state index is 0.224. The molecule has 5 N–H and O–H groups in total. The number of rotatable bonds is 10. The molecule has 0 bridgehead atoms. The van der Waals surface area contributed by atoms with E-state index in [-0.39, 0.29) is 18.6 Å². The molecule has 0 aliphatic carbocycles. The smallest absolute Gasteiger partial charge is 0.323 e. The van der Waals surface area contributed by atoms with Gasteiger partial charge >= 0.3 is 6.01 Å². The zero-order chi connectivity index (χ0) is 13.9. The first-order valence-corrected chi connectivity index (χ1v) is 6.50. The maximum atomic E-state index is 8.68. The molecular weight excluding hydrogens is 248 g/mol. The van der Waals surface area contributed by atoms with Gasteiger partial charge in [-0.1, -0.05) is 6.92 Å². The molecule has 0 spiro atoms. The number of hydrogen-bond acceptors (Lipinski definition) is 8. The van der Waals surface area contributed by atoms with Crippen molar-refractivity contribution in [2.24, 2.45) is 5.84 Å². The third kappa shape index (κ3) is 6.16. The summed E-state index contributed by atoms with van der Waals surface area (Å²) in [4.78, 5) is 12.2. The van der Waals surface area contributed by atoms with Gasteiger partial charge in [0, 0.05) is 13.2 Å². The molecule has 0 atom stereocenters. The fourth-order valence-corrected chi connectivity index (χ4v) is 1.37. The SMILES string of the molecule is CCCOc1nc(NN)nc(NCCCCCO)n1. The largest absolute Gasteiger partial charge is 0.463 e. The number of nitrogens with one attached hydrogen (secondary N) is 2. The molecule has 0 unspecified atom stereocenters. The van der Waals surface area contributed by atoms with Crippen molar-refractivity contribution in [1.82, 2.24) is 15.0 Å².